The maximum absolute atomic E-state index is 13.3. The average molecular weight is 520 g/mol. The molecule has 2 atom stereocenters. The zero-order valence-electron chi connectivity index (χ0n) is 21.9. The number of alkyl carbamates (subject to hydrolysis) is 1. The Kier molecular flexibility index (Phi) is 11.0. The monoisotopic (exact) mass is 519 g/mol. The summed E-state index contributed by atoms with van der Waals surface area (Å²) in [5.74, 6) is 0.565. The Morgan fingerprint density at radius 2 is 1.51 bits per heavy atom. The minimum atomic E-state index is -0.585. The molecule has 1 aromatic heterocycles. The lowest BCUT2D eigenvalue weighted by atomic mass is 10.1. The van der Waals surface area contributed by atoms with Crippen LogP contribution >= 0.6 is 11.8 Å². The van der Waals surface area contributed by atoms with Gasteiger partial charge in [-0.3, -0.25) is 9.78 Å². The second-order valence-corrected chi connectivity index (χ2v) is 11.2. The third kappa shape index (κ3) is 11.1. The smallest absolute Gasteiger partial charge is 0.407 e. The van der Waals surface area contributed by atoms with Crippen LogP contribution in [0, 0.1) is 0 Å². The van der Waals surface area contributed by atoms with E-state index in [0.717, 1.165) is 23.1 Å². The molecule has 0 saturated carbocycles. The highest BCUT2D eigenvalue weighted by Gasteiger charge is 2.24. The fraction of sp³-hybridized carbons (Fsp3) is 0.367. The van der Waals surface area contributed by atoms with Crippen molar-refractivity contribution < 1.29 is 14.3 Å². The summed E-state index contributed by atoms with van der Waals surface area (Å²) in [5.41, 5.74) is 2.71. The highest BCUT2D eigenvalue weighted by Crippen LogP contribution is 2.20. The number of hydrogen-bond acceptors (Lipinski definition) is 5. The molecule has 3 aromatic rings. The van der Waals surface area contributed by atoms with Gasteiger partial charge >= 0.3 is 6.09 Å². The standard InChI is InChI=1S/C30H37N3O3S/c1-30(2,3)36-29(35)33-26(19-23-11-6-4-7-12-23)22-37-27(20-24-13-8-5-9-14-24)28(34)32-18-16-25-15-10-17-31-21-25/h4-15,17,21,26-27H,16,18-20,22H2,1-3H3,(H,32,34)(H,33,35)/t26-,27-/m1/s1. The van der Waals surface area contributed by atoms with Crippen molar-refractivity contribution in [2.75, 3.05) is 12.3 Å². The third-order valence-electron chi connectivity index (χ3n) is 5.54. The number of amides is 2. The molecule has 0 aliphatic heterocycles. The molecule has 3 rings (SSSR count). The Bertz CT molecular complexity index is 1090. The number of pyridine rings is 1. The zero-order valence-corrected chi connectivity index (χ0v) is 22.7. The summed E-state index contributed by atoms with van der Waals surface area (Å²) in [7, 11) is 0. The molecule has 2 aromatic carbocycles. The molecule has 2 N–H and O–H groups in total. The van der Waals surface area contributed by atoms with Crippen LogP contribution in [0.4, 0.5) is 4.79 Å². The number of carbonyl (C=O) groups excluding carboxylic acids is 2. The predicted octanol–water partition coefficient (Wildman–Crippen LogP) is 5.22. The predicted molar refractivity (Wildman–Crippen MR) is 151 cm³/mol. The van der Waals surface area contributed by atoms with Crippen LogP contribution < -0.4 is 10.6 Å². The van der Waals surface area contributed by atoms with Crippen molar-refractivity contribution in [2.45, 2.75) is 56.9 Å². The molecule has 37 heavy (non-hydrogen) atoms. The first-order chi connectivity index (χ1) is 17.8. The van der Waals surface area contributed by atoms with E-state index in [1.165, 1.54) is 0 Å². The molecule has 0 saturated heterocycles. The van der Waals surface area contributed by atoms with Crippen molar-refractivity contribution in [3.8, 4) is 0 Å². The van der Waals surface area contributed by atoms with Crippen molar-refractivity contribution in [3.63, 3.8) is 0 Å². The van der Waals surface area contributed by atoms with Gasteiger partial charge in [-0.1, -0.05) is 66.7 Å². The SMILES string of the molecule is CC(C)(C)OC(=O)N[C@@H](CS[C@H](Cc1ccccc1)C(=O)NCCc1cccnc1)Cc1ccccc1. The number of hydrogen-bond donors (Lipinski definition) is 2. The van der Waals surface area contributed by atoms with E-state index in [-0.39, 0.29) is 17.2 Å². The summed E-state index contributed by atoms with van der Waals surface area (Å²) in [6, 6.07) is 23.8. The molecular weight excluding hydrogens is 482 g/mol. The van der Waals surface area contributed by atoms with Gasteiger partial charge < -0.3 is 15.4 Å². The van der Waals surface area contributed by atoms with Gasteiger partial charge in [0.05, 0.1) is 5.25 Å². The minimum absolute atomic E-state index is 0.00604. The van der Waals surface area contributed by atoms with Gasteiger partial charge in [-0.2, -0.15) is 0 Å². The van der Waals surface area contributed by atoms with Crippen molar-refractivity contribution in [2.24, 2.45) is 0 Å². The fourth-order valence-electron chi connectivity index (χ4n) is 3.80. The molecule has 0 bridgehead atoms. The summed E-state index contributed by atoms with van der Waals surface area (Å²) in [6.45, 7) is 6.08. The Morgan fingerprint density at radius 1 is 0.892 bits per heavy atom. The van der Waals surface area contributed by atoms with Crippen LogP contribution in [0.3, 0.4) is 0 Å². The summed E-state index contributed by atoms with van der Waals surface area (Å²) in [5, 5.41) is 5.83. The molecule has 2 amide bonds. The van der Waals surface area contributed by atoms with E-state index in [4.69, 9.17) is 4.74 Å². The van der Waals surface area contributed by atoms with Gasteiger partial charge in [0, 0.05) is 30.7 Å². The molecule has 6 nitrogen and oxygen atoms in total. The molecule has 1 heterocycles. The van der Waals surface area contributed by atoms with Crippen LogP contribution in [0.15, 0.2) is 85.2 Å². The number of rotatable bonds is 12. The van der Waals surface area contributed by atoms with E-state index in [1.54, 1.807) is 18.0 Å². The van der Waals surface area contributed by atoms with Crippen LogP contribution in [0.5, 0.6) is 0 Å². The van der Waals surface area contributed by atoms with Crippen molar-refractivity contribution in [1.82, 2.24) is 15.6 Å². The lowest BCUT2D eigenvalue weighted by Crippen LogP contribution is -2.43. The van der Waals surface area contributed by atoms with E-state index in [9.17, 15) is 9.59 Å². The first kappa shape index (κ1) is 28.3. The molecular formula is C30H37N3O3S. The van der Waals surface area contributed by atoms with Gasteiger partial charge in [0.15, 0.2) is 0 Å². The van der Waals surface area contributed by atoms with Crippen LogP contribution in [0.25, 0.3) is 0 Å². The zero-order chi connectivity index (χ0) is 26.5. The number of carbonyl (C=O) groups is 2. The summed E-state index contributed by atoms with van der Waals surface area (Å²) in [4.78, 5) is 30.0. The maximum Gasteiger partial charge on any atom is 0.407 e. The molecule has 0 unspecified atom stereocenters. The van der Waals surface area contributed by atoms with Gasteiger partial charge in [0.2, 0.25) is 5.91 Å². The summed E-state index contributed by atoms with van der Waals surface area (Å²) < 4.78 is 5.51. The number of aromatic nitrogens is 1. The van der Waals surface area contributed by atoms with Gasteiger partial charge in [-0.25, -0.2) is 4.79 Å². The first-order valence-electron chi connectivity index (χ1n) is 12.6. The number of nitrogens with zero attached hydrogens (tertiary/aromatic N) is 1. The first-order valence-corrected chi connectivity index (χ1v) is 13.7. The van der Waals surface area contributed by atoms with E-state index >= 15 is 0 Å². The highest BCUT2D eigenvalue weighted by molar-refractivity contribution is 8.00. The van der Waals surface area contributed by atoms with Crippen LogP contribution in [-0.2, 0) is 28.8 Å². The fourth-order valence-corrected chi connectivity index (χ4v) is 5.01. The van der Waals surface area contributed by atoms with Crippen LogP contribution in [0.2, 0.25) is 0 Å². The van der Waals surface area contributed by atoms with Crippen molar-refractivity contribution >= 4 is 23.8 Å². The van der Waals surface area contributed by atoms with Crippen molar-refractivity contribution in [1.29, 1.82) is 0 Å². The summed E-state index contributed by atoms with van der Waals surface area (Å²) in [6.07, 6.45) is 5.08. The Labute approximate surface area is 224 Å². The second-order valence-electron chi connectivity index (χ2n) is 9.95. The molecule has 196 valence electrons. The average Bonchev–Trinajstić information content (AvgIpc) is 2.87. The van der Waals surface area contributed by atoms with E-state index in [1.807, 2.05) is 99.8 Å². The molecule has 7 heteroatoms. The Morgan fingerprint density at radius 3 is 2.11 bits per heavy atom. The van der Waals surface area contributed by atoms with Gasteiger partial charge in [-0.15, -0.1) is 11.8 Å². The quantitative estimate of drug-likeness (QED) is 0.343. The minimum Gasteiger partial charge on any atom is -0.444 e. The van der Waals surface area contributed by atoms with E-state index in [2.05, 4.69) is 15.6 Å². The summed E-state index contributed by atoms with van der Waals surface area (Å²) >= 11 is 1.56. The topological polar surface area (TPSA) is 80.3 Å². The van der Waals surface area contributed by atoms with E-state index < -0.39 is 11.7 Å². The van der Waals surface area contributed by atoms with Gasteiger partial charge in [0.1, 0.15) is 5.60 Å². The molecule has 0 fully saturated rings. The normalized spacial score (nSPS) is 12.8. The van der Waals surface area contributed by atoms with E-state index in [0.29, 0.717) is 25.1 Å². The second kappa shape index (κ2) is 14.4. The van der Waals surface area contributed by atoms with Crippen molar-refractivity contribution in [3.05, 3.63) is 102 Å². The van der Waals surface area contributed by atoms with Crippen LogP contribution in [0.1, 0.15) is 37.5 Å². The Hall–Kier alpha value is -3.32. The Balaban J connectivity index is 1.67. The van der Waals surface area contributed by atoms with Gasteiger partial charge in [-0.05, 0) is 62.8 Å². The highest BCUT2D eigenvalue weighted by atomic mass is 32.2. The number of ether oxygens (including phenoxy) is 1. The number of thioether (sulfide) groups is 1. The molecule has 0 spiro atoms. The molecule has 0 aliphatic rings. The largest absolute Gasteiger partial charge is 0.444 e. The lowest BCUT2D eigenvalue weighted by molar-refractivity contribution is -0.120. The number of nitrogens with one attached hydrogen (secondary N) is 2. The third-order valence-corrected chi connectivity index (χ3v) is 6.91. The molecule has 0 aliphatic carbocycles. The number of benzene rings is 2. The maximum atomic E-state index is 13.3. The molecule has 0 radical (unpaired) electrons. The van der Waals surface area contributed by atoms with Crippen LogP contribution in [-0.4, -0.2) is 46.2 Å². The lowest BCUT2D eigenvalue weighted by Gasteiger charge is -2.25. The van der Waals surface area contributed by atoms with Gasteiger partial charge in [0.25, 0.3) is 0 Å².